The first-order valence-corrected chi connectivity index (χ1v) is 13.0. The molecule has 0 spiro atoms. The molecule has 1 aromatic carbocycles. The summed E-state index contributed by atoms with van der Waals surface area (Å²) in [6.45, 7) is 4.22. The summed E-state index contributed by atoms with van der Waals surface area (Å²) in [6, 6.07) is 4.31. The van der Waals surface area contributed by atoms with Crippen molar-refractivity contribution >= 4 is 45.3 Å². The Morgan fingerprint density at radius 3 is 2.81 bits per heavy atom. The molecular weight excluding hydrogens is 465 g/mol. The summed E-state index contributed by atoms with van der Waals surface area (Å²) < 4.78 is 13.6. The zero-order chi connectivity index (χ0) is 22.2. The van der Waals surface area contributed by atoms with Crippen molar-refractivity contribution < 1.29 is 9.18 Å². The lowest BCUT2D eigenvalue weighted by molar-refractivity contribution is 0.252. The molecule has 3 N–H and O–H groups in total. The standard InChI is InChI=1S/C24H25ClFN3OS2/c1-13-15-4-2-3-5-20(15)32-23(13)29-24(30)28-11-18-16-8-9-27-12-21(16)31-22(18)17-7-6-14(26)10-19(17)25/h6-7,10,27H,2-5,8-9,11-12H2,1H3,(H2,28,29,30). The predicted octanol–water partition coefficient (Wildman–Crippen LogP) is 6.42. The summed E-state index contributed by atoms with van der Waals surface area (Å²) in [6.07, 6.45) is 5.58. The van der Waals surface area contributed by atoms with E-state index in [9.17, 15) is 9.18 Å². The SMILES string of the molecule is Cc1c(NC(=O)NCc2c(-c3ccc(F)cc3Cl)sc3c2CCNC3)sc2c1CCCC2. The number of hydrogen-bond acceptors (Lipinski definition) is 4. The highest BCUT2D eigenvalue weighted by molar-refractivity contribution is 7.16. The fourth-order valence-electron chi connectivity index (χ4n) is 4.64. The van der Waals surface area contributed by atoms with Gasteiger partial charge in [-0.3, -0.25) is 5.32 Å². The van der Waals surface area contributed by atoms with Crippen LogP contribution in [0.1, 0.15) is 44.8 Å². The molecule has 2 aliphatic rings. The number of halogens is 2. The molecule has 4 nitrogen and oxygen atoms in total. The third-order valence-electron chi connectivity index (χ3n) is 6.30. The van der Waals surface area contributed by atoms with Crippen LogP contribution in [0.4, 0.5) is 14.2 Å². The number of anilines is 1. The van der Waals surface area contributed by atoms with E-state index in [4.69, 9.17) is 11.6 Å². The van der Waals surface area contributed by atoms with Gasteiger partial charge in [-0.2, -0.15) is 0 Å². The van der Waals surface area contributed by atoms with E-state index in [1.807, 2.05) is 0 Å². The second-order valence-electron chi connectivity index (χ2n) is 8.34. The highest BCUT2D eigenvalue weighted by atomic mass is 35.5. The number of amides is 2. The number of nitrogens with one attached hydrogen (secondary N) is 3. The van der Waals surface area contributed by atoms with Gasteiger partial charge >= 0.3 is 6.03 Å². The molecule has 0 radical (unpaired) electrons. The number of aryl methyl sites for hydroxylation is 1. The molecule has 3 aromatic rings. The summed E-state index contributed by atoms with van der Waals surface area (Å²) in [5.74, 6) is -0.352. The molecule has 0 unspecified atom stereocenters. The van der Waals surface area contributed by atoms with Crippen molar-refractivity contribution in [1.82, 2.24) is 10.6 Å². The van der Waals surface area contributed by atoms with Crippen molar-refractivity contribution in [1.29, 1.82) is 0 Å². The number of thiophene rings is 2. The molecule has 1 aliphatic heterocycles. The van der Waals surface area contributed by atoms with Gasteiger partial charge in [-0.1, -0.05) is 11.6 Å². The lowest BCUT2D eigenvalue weighted by atomic mass is 9.96. The molecule has 168 valence electrons. The number of urea groups is 1. The first-order chi connectivity index (χ1) is 15.5. The van der Waals surface area contributed by atoms with Gasteiger partial charge in [0.15, 0.2) is 0 Å². The summed E-state index contributed by atoms with van der Waals surface area (Å²) >= 11 is 9.77. The fraction of sp³-hybridized carbons (Fsp3) is 0.375. The van der Waals surface area contributed by atoms with E-state index >= 15 is 0 Å². The van der Waals surface area contributed by atoms with Gasteiger partial charge in [0, 0.05) is 33.3 Å². The minimum atomic E-state index is -0.352. The van der Waals surface area contributed by atoms with Crippen LogP contribution in [0.3, 0.4) is 0 Å². The maximum absolute atomic E-state index is 13.6. The molecule has 1 aliphatic carbocycles. The predicted molar refractivity (Wildman–Crippen MR) is 132 cm³/mol. The van der Waals surface area contributed by atoms with Crippen molar-refractivity contribution in [2.45, 2.75) is 52.1 Å². The topological polar surface area (TPSA) is 53.2 Å². The van der Waals surface area contributed by atoms with Crippen molar-refractivity contribution in [3.63, 3.8) is 0 Å². The molecule has 0 saturated heterocycles. The summed E-state index contributed by atoms with van der Waals surface area (Å²) in [5, 5.41) is 10.9. The van der Waals surface area contributed by atoms with Crippen molar-refractivity contribution in [2.75, 3.05) is 11.9 Å². The minimum Gasteiger partial charge on any atom is -0.334 e. The van der Waals surface area contributed by atoms with Crippen LogP contribution in [0.5, 0.6) is 0 Å². The van der Waals surface area contributed by atoms with Crippen LogP contribution in [0.15, 0.2) is 18.2 Å². The summed E-state index contributed by atoms with van der Waals surface area (Å²) in [4.78, 5) is 16.5. The number of rotatable bonds is 4. The first kappa shape index (κ1) is 21.9. The van der Waals surface area contributed by atoms with Gasteiger partial charge in [0.1, 0.15) is 5.82 Å². The van der Waals surface area contributed by atoms with E-state index in [2.05, 4.69) is 22.9 Å². The van der Waals surface area contributed by atoms with E-state index in [-0.39, 0.29) is 11.8 Å². The number of hydrogen-bond donors (Lipinski definition) is 3. The molecule has 5 rings (SSSR count). The minimum absolute atomic E-state index is 0.197. The normalized spacial score (nSPS) is 15.2. The highest BCUT2D eigenvalue weighted by Crippen LogP contribution is 2.41. The zero-order valence-electron chi connectivity index (χ0n) is 17.9. The molecule has 3 heterocycles. The lowest BCUT2D eigenvalue weighted by Gasteiger charge is -2.15. The number of carbonyl (C=O) groups excluding carboxylic acids is 1. The van der Waals surface area contributed by atoms with Gasteiger partial charge in [-0.05, 0) is 86.0 Å². The zero-order valence-corrected chi connectivity index (χ0v) is 20.3. The van der Waals surface area contributed by atoms with Crippen molar-refractivity contribution in [2.24, 2.45) is 0 Å². The lowest BCUT2D eigenvalue weighted by Crippen LogP contribution is -2.29. The Hall–Kier alpha value is -1.93. The average Bonchev–Trinajstić information content (AvgIpc) is 3.30. The van der Waals surface area contributed by atoms with Crippen LogP contribution in [-0.2, 0) is 32.4 Å². The molecule has 2 amide bonds. The largest absolute Gasteiger partial charge is 0.334 e. The third kappa shape index (κ3) is 4.19. The molecule has 0 saturated carbocycles. The fourth-order valence-corrected chi connectivity index (χ4v) is 7.62. The van der Waals surface area contributed by atoms with Crippen LogP contribution in [-0.4, -0.2) is 12.6 Å². The van der Waals surface area contributed by atoms with E-state index < -0.39 is 0 Å². The number of fused-ring (bicyclic) bond motifs is 2. The Morgan fingerprint density at radius 2 is 2.00 bits per heavy atom. The number of benzene rings is 1. The Morgan fingerprint density at radius 1 is 1.16 bits per heavy atom. The molecule has 0 bridgehead atoms. The Bertz CT molecular complexity index is 1190. The summed E-state index contributed by atoms with van der Waals surface area (Å²) in [7, 11) is 0. The Kier molecular flexibility index (Phi) is 6.25. The first-order valence-electron chi connectivity index (χ1n) is 11.0. The van der Waals surface area contributed by atoms with E-state index in [1.54, 1.807) is 28.7 Å². The van der Waals surface area contributed by atoms with Gasteiger partial charge in [0.05, 0.1) is 10.0 Å². The monoisotopic (exact) mass is 489 g/mol. The van der Waals surface area contributed by atoms with Crippen LogP contribution < -0.4 is 16.0 Å². The van der Waals surface area contributed by atoms with Crippen LogP contribution in [0.2, 0.25) is 5.02 Å². The van der Waals surface area contributed by atoms with Gasteiger partial charge in [0.25, 0.3) is 0 Å². The Labute approximate surface area is 200 Å². The van der Waals surface area contributed by atoms with Gasteiger partial charge < -0.3 is 10.6 Å². The van der Waals surface area contributed by atoms with Crippen molar-refractivity contribution in [3.05, 3.63) is 61.0 Å². The summed E-state index contributed by atoms with van der Waals surface area (Å²) in [5.41, 5.74) is 5.79. The van der Waals surface area contributed by atoms with Gasteiger partial charge in [-0.15, -0.1) is 22.7 Å². The van der Waals surface area contributed by atoms with Gasteiger partial charge in [-0.25, -0.2) is 9.18 Å². The smallest absolute Gasteiger partial charge is 0.320 e. The molecule has 0 atom stereocenters. The molecule has 8 heteroatoms. The van der Waals surface area contributed by atoms with E-state index in [0.717, 1.165) is 53.4 Å². The second kappa shape index (κ2) is 9.14. The van der Waals surface area contributed by atoms with E-state index in [1.165, 1.54) is 51.4 Å². The quantitative estimate of drug-likeness (QED) is 0.396. The second-order valence-corrected chi connectivity index (χ2v) is 11.0. The van der Waals surface area contributed by atoms with Crippen LogP contribution >= 0.6 is 34.3 Å². The number of carbonyl (C=O) groups is 1. The average molecular weight is 490 g/mol. The van der Waals surface area contributed by atoms with Gasteiger partial charge in [0.2, 0.25) is 0 Å². The Balaban J connectivity index is 1.37. The van der Waals surface area contributed by atoms with Crippen LogP contribution in [0.25, 0.3) is 10.4 Å². The highest BCUT2D eigenvalue weighted by Gasteiger charge is 2.24. The maximum atomic E-state index is 13.6. The molecule has 2 aromatic heterocycles. The maximum Gasteiger partial charge on any atom is 0.320 e. The molecule has 0 fully saturated rings. The van der Waals surface area contributed by atoms with E-state index in [0.29, 0.717) is 11.6 Å². The molecule has 32 heavy (non-hydrogen) atoms. The molecular formula is C24H25ClFN3OS2. The van der Waals surface area contributed by atoms with Crippen LogP contribution in [0, 0.1) is 12.7 Å². The third-order valence-corrected chi connectivity index (χ3v) is 9.23. The van der Waals surface area contributed by atoms with Crippen molar-refractivity contribution in [3.8, 4) is 10.4 Å².